The summed E-state index contributed by atoms with van der Waals surface area (Å²) in [6, 6.07) is 9.65. The highest BCUT2D eigenvalue weighted by Crippen LogP contribution is 2.22. The number of likely N-dealkylation sites (N-methyl/N-ethyl adjacent to an activating group) is 1. The lowest BCUT2D eigenvalue weighted by Gasteiger charge is -2.18. The zero-order valence-corrected chi connectivity index (χ0v) is 13.0. The molecule has 0 bridgehead atoms. The van der Waals surface area contributed by atoms with Crippen LogP contribution in [0.25, 0.3) is 10.9 Å². The van der Waals surface area contributed by atoms with Crippen LogP contribution in [-0.2, 0) is 0 Å². The minimum Gasteiger partial charge on any atom is -0.388 e. The molecule has 2 aromatic rings. The zero-order valence-electron chi connectivity index (χ0n) is 13.0. The minimum atomic E-state index is -0.147. The quantitative estimate of drug-likeness (QED) is 0.882. The van der Waals surface area contributed by atoms with Gasteiger partial charge >= 0.3 is 0 Å². The molecule has 2 N–H and O–H groups in total. The first kappa shape index (κ1) is 15.3. The van der Waals surface area contributed by atoms with Gasteiger partial charge in [-0.25, -0.2) is 4.98 Å². The summed E-state index contributed by atoms with van der Waals surface area (Å²) in [4.78, 5) is 18.8. The predicted molar refractivity (Wildman–Crippen MR) is 86.8 cm³/mol. The molecule has 0 saturated carbocycles. The molecule has 0 aliphatic carbocycles. The predicted octanol–water partition coefficient (Wildman–Crippen LogP) is 1.96. The number of fused-ring (bicyclic) bond motifs is 1. The van der Waals surface area contributed by atoms with E-state index in [1.807, 2.05) is 57.2 Å². The van der Waals surface area contributed by atoms with E-state index in [9.17, 15) is 4.79 Å². The van der Waals surface area contributed by atoms with Crippen LogP contribution in [0, 0.1) is 0 Å². The third-order valence-electron chi connectivity index (χ3n) is 3.23. The van der Waals surface area contributed by atoms with Crippen LogP contribution in [-0.4, -0.2) is 49.5 Å². The van der Waals surface area contributed by atoms with Gasteiger partial charge in [-0.05, 0) is 33.2 Å². The number of rotatable bonds is 5. The van der Waals surface area contributed by atoms with Gasteiger partial charge in [-0.2, -0.15) is 0 Å². The molecule has 0 saturated heterocycles. The summed E-state index contributed by atoms with van der Waals surface area (Å²) < 4.78 is 0. The van der Waals surface area contributed by atoms with Crippen molar-refractivity contribution in [3.05, 3.63) is 36.0 Å². The van der Waals surface area contributed by atoms with E-state index in [4.69, 9.17) is 0 Å². The van der Waals surface area contributed by atoms with Crippen molar-refractivity contribution in [2.24, 2.45) is 0 Å². The number of hydrogen-bond donors (Lipinski definition) is 2. The molecular weight excluding hydrogens is 264 g/mol. The van der Waals surface area contributed by atoms with Gasteiger partial charge < -0.3 is 15.5 Å². The molecule has 5 nitrogen and oxygen atoms in total. The topological polar surface area (TPSA) is 57.3 Å². The Bertz CT molecular complexity index is 639. The van der Waals surface area contributed by atoms with E-state index in [0.29, 0.717) is 5.69 Å². The minimum absolute atomic E-state index is 0.0683. The number of benzene rings is 1. The monoisotopic (exact) mass is 286 g/mol. The average Bonchev–Trinajstić information content (AvgIpc) is 2.44. The van der Waals surface area contributed by atoms with Crippen molar-refractivity contribution in [3.63, 3.8) is 0 Å². The molecular formula is C16H22N4O. The molecule has 0 spiro atoms. The summed E-state index contributed by atoms with van der Waals surface area (Å²) in [5.41, 5.74) is 2.16. The number of para-hydroxylation sites is 1. The number of aromatic nitrogens is 1. The number of carbonyl (C=O) groups excluding carboxylic acids is 1. The molecule has 1 aromatic heterocycles. The molecule has 0 fully saturated rings. The molecule has 0 aliphatic rings. The zero-order chi connectivity index (χ0) is 15.4. The van der Waals surface area contributed by atoms with Gasteiger partial charge in [-0.1, -0.05) is 18.2 Å². The molecule has 21 heavy (non-hydrogen) atoms. The van der Waals surface area contributed by atoms with E-state index < -0.39 is 0 Å². The third-order valence-corrected chi connectivity index (χ3v) is 3.23. The number of pyridine rings is 1. The fourth-order valence-corrected chi connectivity index (χ4v) is 2.39. The number of carbonyl (C=O) groups is 1. The first-order chi connectivity index (χ1) is 10.0. The first-order valence-electron chi connectivity index (χ1n) is 7.04. The van der Waals surface area contributed by atoms with Crippen LogP contribution < -0.4 is 10.6 Å². The summed E-state index contributed by atoms with van der Waals surface area (Å²) >= 11 is 0. The summed E-state index contributed by atoms with van der Waals surface area (Å²) in [6.07, 6.45) is 0. The van der Waals surface area contributed by atoms with Gasteiger partial charge in [0.1, 0.15) is 5.69 Å². The largest absolute Gasteiger partial charge is 0.388 e. The van der Waals surface area contributed by atoms with Crippen molar-refractivity contribution < 1.29 is 4.79 Å². The average molecular weight is 286 g/mol. The Labute approximate surface area is 125 Å². The Hall–Kier alpha value is -2.14. The Morgan fingerprint density at radius 2 is 2.05 bits per heavy atom. The van der Waals surface area contributed by atoms with Crippen LogP contribution in [0.15, 0.2) is 30.3 Å². The second-order valence-electron chi connectivity index (χ2n) is 5.46. The number of amides is 1. The normalized spacial score (nSPS) is 12.4. The standard InChI is InChI=1S/C16H22N4O/c1-11(10-20(3)4)18-16(21)15-9-14(17-2)12-7-5-6-8-13(12)19-15/h5-9,11H,10H2,1-4H3,(H,17,19)(H,18,21). The fourth-order valence-electron chi connectivity index (χ4n) is 2.39. The van der Waals surface area contributed by atoms with Gasteiger partial charge in [-0.3, -0.25) is 4.79 Å². The highest BCUT2D eigenvalue weighted by molar-refractivity contribution is 5.99. The van der Waals surface area contributed by atoms with Crippen molar-refractivity contribution in [2.45, 2.75) is 13.0 Å². The second kappa shape index (κ2) is 6.54. The molecule has 0 radical (unpaired) electrons. The molecule has 1 atom stereocenters. The summed E-state index contributed by atoms with van der Waals surface area (Å²) in [6.45, 7) is 2.77. The maximum absolute atomic E-state index is 12.3. The lowest BCUT2D eigenvalue weighted by Crippen LogP contribution is -2.39. The lowest BCUT2D eigenvalue weighted by atomic mass is 10.1. The van der Waals surface area contributed by atoms with Crippen LogP contribution >= 0.6 is 0 Å². The fraction of sp³-hybridized carbons (Fsp3) is 0.375. The molecule has 1 unspecified atom stereocenters. The maximum Gasteiger partial charge on any atom is 0.270 e. The van der Waals surface area contributed by atoms with Crippen LogP contribution in [0.1, 0.15) is 17.4 Å². The highest BCUT2D eigenvalue weighted by atomic mass is 16.1. The van der Waals surface area contributed by atoms with E-state index in [1.165, 1.54) is 0 Å². The lowest BCUT2D eigenvalue weighted by molar-refractivity contribution is 0.0929. The van der Waals surface area contributed by atoms with Crippen LogP contribution in [0.4, 0.5) is 5.69 Å². The smallest absolute Gasteiger partial charge is 0.270 e. The van der Waals surface area contributed by atoms with Crippen molar-refractivity contribution in [3.8, 4) is 0 Å². The van der Waals surface area contributed by atoms with Gasteiger partial charge in [-0.15, -0.1) is 0 Å². The van der Waals surface area contributed by atoms with E-state index in [1.54, 1.807) is 6.07 Å². The Morgan fingerprint density at radius 1 is 1.33 bits per heavy atom. The number of hydrogen-bond acceptors (Lipinski definition) is 4. The molecule has 1 heterocycles. The summed E-state index contributed by atoms with van der Waals surface area (Å²) in [5, 5.41) is 7.11. The van der Waals surface area contributed by atoms with Gasteiger partial charge in [0.15, 0.2) is 0 Å². The van der Waals surface area contributed by atoms with E-state index in [0.717, 1.165) is 23.1 Å². The van der Waals surface area contributed by atoms with Crippen molar-refractivity contribution in [2.75, 3.05) is 33.0 Å². The van der Waals surface area contributed by atoms with Gasteiger partial charge in [0, 0.05) is 30.7 Å². The van der Waals surface area contributed by atoms with Crippen molar-refractivity contribution in [1.29, 1.82) is 0 Å². The molecule has 1 amide bonds. The molecule has 2 rings (SSSR count). The van der Waals surface area contributed by atoms with Gasteiger partial charge in [0.05, 0.1) is 5.52 Å². The third kappa shape index (κ3) is 3.70. The molecule has 0 aliphatic heterocycles. The van der Waals surface area contributed by atoms with Crippen molar-refractivity contribution >= 4 is 22.5 Å². The van der Waals surface area contributed by atoms with Crippen molar-refractivity contribution in [1.82, 2.24) is 15.2 Å². The molecule has 112 valence electrons. The number of nitrogens with zero attached hydrogens (tertiary/aromatic N) is 2. The summed E-state index contributed by atoms with van der Waals surface area (Å²) in [5.74, 6) is -0.147. The van der Waals surface area contributed by atoms with Gasteiger partial charge in [0.25, 0.3) is 5.91 Å². The van der Waals surface area contributed by atoms with E-state index in [-0.39, 0.29) is 11.9 Å². The van der Waals surface area contributed by atoms with Crippen LogP contribution in [0.3, 0.4) is 0 Å². The Kier molecular flexibility index (Phi) is 4.75. The maximum atomic E-state index is 12.3. The summed E-state index contributed by atoms with van der Waals surface area (Å²) in [7, 11) is 5.81. The number of anilines is 1. The van der Waals surface area contributed by atoms with Crippen LogP contribution in [0.5, 0.6) is 0 Å². The Balaban J connectivity index is 2.27. The first-order valence-corrected chi connectivity index (χ1v) is 7.04. The molecule has 5 heteroatoms. The van der Waals surface area contributed by atoms with Crippen LogP contribution in [0.2, 0.25) is 0 Å². The molecule has 1 aromatic carbocycles. The highest BCUT2D eigenvalue weighted by Gasteiger charge is 2.14. The van der Waals surface area contributed by atoms with E-state index >= 15 is 0 Å². The Morgan fingerprint density at radius 3 is 2.71 bits per heavy atom. The SMILES string of the molecule is CNc1cc(C(=O)NC(C)CN(C)C)nc2ccccc12. The van der Waals surface area contributed by atoms with Gasteiger partial charge in [0.2, 0.25) is 0 Å². The second-order valence-corrected chi connectivity index (χ2v) is 5.46. The van der Waals surface area contributed by atoms with E-state index in [2.05, 4.69) is 15.6 Å². The number of nitrogens with one attached hydrogen (secondary N) is 2.